The molecular weight excluding hydrogens is 353 g/mol. The van der Waals surface area contributed by atoms with E-state index in [2.05, 4.69) is 20.9 Å². The molecule has 1 aromatic heterocycles. The molecule has 0 saturated carbocycles. The molecule has 22 heavy (non-hydrogen) atoms. The van der Waals surface area contributed by atoms with Gasteiger partial charge in [-0.1, -0.05) is 15.9 Å². The van der Waals surface area contributed by atoms with Crippen LogP contribution in [0, 0.1) is 5.82 Å². The third kappa shape index (κ3) is 2.78. The van der Waals surface area contributed by atoms with Gasteiger partial charge < -0.3 is 9.52 Å². The van der Waals surface area contributed by atoms with Crippen molar-refractivity contribution < 1.29 is 13.9 Å². The molecule has 0 amide bonds. The van der Waals surface area contributed by atoms with Gasteiger partial charge in [-0.05, 0) is 30.3 Å². The Balaban J connectivity index is 2.07. The summed E-state index contributed by atoms with van der Waals surface area (Å²) in [6, 6.07) is 8.49. The van der Waals surface area contributed by atoms with Gasteiger partial charge in [-0.2, -0.15) is 0 Å². The molecule has 0 aliphatic heterocycles. The standard InChI is InChI=1S/C16H9BrFNO3/c17-10-1-4-15-12(5-10)16(21)9(8-22-15)7-19-13-6-11(18)2-3-14(13)20/h1-8,20H. The highest BCUT2D eigenvalue weighted by Gasteiger charge is 2.06. The lowest BCUT2D eigenvalue weighted by atomic mass is 10.2. The van der Waals surface area contributed by atoms with Gasteiger partial charge >= 0.3 is 0 Å². The average molecular weight is 362 g/mol. The van der Waals surface area contributed by atoms with Crippen molar-refractivity contribution >= 4 is 38.8 Å². The summed E-state index contributed by atoms with van der Waals surface area (Å²) >= 11 is 3.30. The third-order valence-corrected chi connectivity index (χ3v) is 3.53. The molecule has 0 aliphatic rings. The van der Waals surface area contributed by atoms with E-state index < -0.39 is 5.82 Å². The van der Waals surface area contributed by atoms with E-state index in [1.165, 1.54) is 18.5 Å². The fourth-order valence-corrected chi connectivity index (χ4v) is 2.31. The van der Waals surface area contributed by atoms with E-state index in [-0.39, 0.29) is 22.4 Å². The first kappa shape index (κ1) is 14.5. The summed E-state index contributed by atoms with van der Waals surface area (Å²) in [4.78, 5) is 16.3. The second kappa shape index (κ2) is 5.73. The fraction of sp³-hybridized carbons (Fsp3) is 0. The Bertz CT molecular complexity index is 950. The molecule has 4 nitrogen and oxygen atoms in total. The van der Waals surface area contributed by atoms with Crippen LogP contribution in [0.25, 0.3) is 11.0 Å². The highest BCUT2D eigenvalue weighted by atomic mass is 79.9. The summed E-state index contributed by atoms with van der Waals surface area (Å²) in [5.74, 6) is -0.704. The van der Waals surface area contributed by atoms with Crippen molar-refractivity contribution in [3.05, 3.63) is 68.7 Å². The second-order valence-corrected chi connectivity index (χ2v) is 5.47. The topological polar surface area (TPSA) is 62.8 Å². The molecule has 0 fully saturated rings. The summed E-state index contributed by atoms with van der Waals surface area (Å²) in [5, 5.41) is 10.0. The second-order valence-electron chi connectivity index (χ2n) is 4.55. The zero-order chi connectivity index (χ0) is 15.7. The molecule has 0 radical (unpaired) electrons. The van der Waals surface area contributed by atoms with Crippen LogP contribution in [0.5, 0.6) is 5.75 Å². The number of aliphatic imine (C=N–C) groups is 1. The van der Waals surface area contributed by atoms with Crippen molar-refractivity contribution in [2.75, 3.05) is 0 Å². The maximum atomic E-state index is 13.1. The van der Waals surface area contributed by atoms with Gasteiger partial charge in [-0.15, -0.1) is 0 Å². The van der Waals surface area contributed by atoms with Gasteiger partial charge in [0, 0.05) is 16.8 Å². The first-order valence-corrected chi connectivity index (χ1v) is 7.07. The fourth-order valence-electron chi connectivity index (χ4n) is 1.95. The summed E-state index contributed by atoms with van der Waals surface area (Å²) in [6.45, 7) is 0. The summed E-state index contributed by atoms with van der Waals surface area (Å²) < 4.78 is 19.3. The van der Waals surface area contributed by atoms with E-state index >= 15 is 0 Å². The molecule has 0 atom stereocenters. The highest BCUT2D eigenvalue weighted by Crippen LogP contribution is 2.26. The van der Waals surface area contributed by atoms with Crippen molar-refractivity contribution in [1.82, 2.24) is 0 Å². The number of hydrogen-bond donors (Lipinski definition) is 1. The predicted molar refractivity (Wildman–Crippen MR) is 85.5 cm³/mol. The molecule has 0 spiro atoms. The monoisotopic (exact) mass is 361 g/mol. The van der Waals surface area contributed by atoms with Crippen LogP contribution in [0.2, 0.25) is 0 Å². The van der Waals surface area contributed by atoms with Gasteiger partial charge in [-0.25, -0.2) is 4.39 Å². The lowest BCUT2D eigenvalue weighted by molar-refractivity contribution is 0.475. The number of halogens is 2. The highest BCUT2D eigenvalue weighted by molar-refractivity contribution is 9.10. The normalized spacial score (nSPS) is 11.4. The average Bonchev–Trinajstić information content (AvgIpc) is 2.50. The van der Waals surface area contributed by atoms with Gasteiger partial charge in [0.15, 0.2) is 0 Å². The largest absolute Gasteiger partial charge is 0.506 e. The van der Waals surface area contributed by atoms with E-state index in [1.807, 2.05) is 0 Å². The molecule has 0 unspecified atom stereocenters. The predicted octanol–water partition coefficient (Wildman–Crippen LogP) is 4.15. The van der Waals surface area contributed by atoms with Gasteiger partial charge in [0.05, 0.1) is 10.9 Å². The molecule has 2 aromatic carbocycles. The van der Waals surface area contributed by atoms with Crippen LogP contribution in [0.4, 0.5) is 10.1 Å². The summed E-state index contributed by atoms with van der Waals surface area (Å²) in [5.41, 5.74) is 0.434. The Kier molecular flexibility index (Phi) is 3.77. The van der Waals surface area contributed by atoms with Crippen LogP contribution in [-0.2, 0) is 0 Å². The first-order chi connectivity index (χ1) is 10.5. The van der Waals surface area contributed by atoms with E-state index in [0.717, 1.165) is 16.6 Å². The van der Waals surface area contributed by atoms with E-state index in [9.17, 15) is 14.3 Å². The smallest absolute Gasteiger partial charge is 0.201 e. The molecule has 1 N–H and O–H groups in total. The van der Waals surface area contributed by atoms with Crippen LogP contribution in [-0.4, -0.2) is 11.3 Å². The van der Waals surface area contributed by atoms with E-state index in [0.29, 0.717) is 11.0 Å². The minimum atomic E-state index is -0.528. The van der Waals surface area contributed by atoms with E-state index in [1.54, 1.807) is 18.2 Å². The number of phenolic OH excluding ortho intramolecular Hbond substituents is 1. The van der Waals surface area contributed by atoms with Crippen LogP contribution >= 0.6 is 15.9 Å². The number of benzene rings is 2. The molecule has 1 heterocycles. The Morgan fingerprint density at radius 3 is 2.86 bits per heavy atom. The van der Waals surface area contributed by atoms with Crippen LogP contribution in [0.3, 0.4) is 0 Å². The minimum absolute atomic E-state index is 0.0359. The maximum absolute atomic E-state index is 13.1. The number of phenols is 1. The van der Waals surface area contributed by atoms with E-state index in [4.69, 9.17) is 4.42 Å². The van der Waals surface area contributed by atoms with Crippen molar-refractivity contribution in [3.8, 4) is 5.75 Å². The first-order valence-electron chi connectivity index (χ1n) is 6.28. The van der Waals surface area contributed by atoms with Crippen LogP contribution in [0.1, 0.15) is 5.56 Å². The zero-order valence-electron chi connectivity index (χ0n) is 11.1. The van der Waals surface area contributed by atoms with Gasteiger partial charge in [0.25, 0.3) is 0 Å². The molecule has 0 aliphatic carbocycles. The Morgan fingerprint density at radius 1 is 1.23 bits per heavy atom. The van der Waals surface area contributed by atoms with Gasteiger partial charge in [0.2, 0.25) is 5.43 Å². The quantitative estimate of drug-likeness (QED) is 0.697. The van der Waals surface area contributed by atoms with Crippen molar-refractivity contribution in [3.63, 3.8) is 0 Å². The molecule has 0 saturated heterocycles. The molecular formula is C16H9BrFNO3. The number of hydrogen-bond acceptors (Lipinski definition) is 4. The number of aromatic hydroxyl groups is 1. The minimum Gasteiger partial charge on any atom is -0.506 e. The SMILES string of the molecule is O=c1c(C=Nc2cc(F)ccc2O)coc2ccc(Br)cc12. The molecule has 6 heteroatoms. The van der Waals surface area contributed by atoms with Gasteiger partial charge in [0.1, 0.15) is 29.1 Å². The molecule has 3 aromatic rings. The number of rotatable bonds is 2. The van der Waals surface area contributed by atoms with Crippen LogP contribution < -0.4 is 5.43 Å². The number of nitrogens with zero attached hydrogens (tertiary/aromatic N) is 1. The third-order valence-electron chi connectivity index (χ3n) is 3.04. The Hall–Kier alpha value is -2.47. The number of fused-ring (bicyclic) bond motifs is 1. The zero-order valence-corrected chi connectivity index (χ0v) is 12.7. The van der Waals surface area contributed by atoms with Crippen molar-refractivity contribution in [2.24, 2.45) is 4.99 Å². The molecule has 110 valence electrons. The van der Waals surface area contributed by atoms with Gasteiger partial charge in [-0.3, -0.25) is 9.79 Å². The van der Waals surface area contributed by atoms with Crippen LogP contribution in [0.15, 0.2) is 61.3 Å². The molecule has 0 bridgehead atoms. The maximum Gasteiger partial charge on any atom is 0.201 e. The van der Waals surface area contributed by atoms with Crippen molar-refractivity contribution in [2.45, 2.75) is 0 Å². The molecule has 3 rings (SSSR count). The lowest BCUT2D eigenvalue weighted by Gasteiger charge is -2.00. The summed E-state index contributed by atoms with van der Waals surface area (Å²) in [6.07, 6.45) is 2.51. The summed E-state index contributed by atoms with van der Waals surface area (Å²) in [7, 11) is 0. The lowest BCUT2D eigenvalue weighted by Crippen LogP contribution is -2.07. The Morgan fingerprint density at radius 2 is 2.05 bits per heavy atom. The van der Waals surface area contributed by atoms with Crippen molar-refractivity contribution in [1.29, 1.82) is 0 Å². The Labute approximate surface area is 132 Å².